The number of methoxy groups -OCH3 is 1. The summed E-state index contributed by atoms with van der Waals surface area (Å²) < 4.78 is 6.10. The van der Waals surface area contributed by atoms with E-state index in [1.807, 2.05) is 25.1 Å². The Morgan fingerprint density at radius 1 is 1.14 bits per heavy atom. The summed E-state index contributed by atoms with van der Waals surface area (Å²) in [6, 6.07) is 6.29. The number of aromatic nitrogens is 3. The number of hydrogen-bond acceptors (Lipinski definition) is 6. The Balaban J connectivity index is 2.25. The van der Waals surface area contributed by atoms with Gasteiger partial charge in [0, 0.05) is 16.7 Å². The summed E-state index contributed by atoms with van der Waals surface area (Å²) >= 11 is 3.47. The van der Waals surface area contributed by atoms with Crippen LogP contribution in [-0.4, -0.2) is 28.6 Å². The van der Waals surface area contributed by atoms with Gasteiger partial charge in [-0.15, -0.1) is 0 Å². The number of hydrogen-bond donors (Lipinski definition) is 2. The molecule has 0 amide bonds. The highest BCUT2D eigenvalue weighted by molar-refractivity contribution is 9.10. The molecule has 0 spiro atoms. The van der Waals surface area contributed by atoms with Crippen molar-refractivity contribution in [3.05, 3.63) is 28.2 Å². The quantitative estimate of drug-likeness (QED) is 0.829. The summed E-state index contributed by atoms with van der Waals surface area (Å²) in [6.07, 6.45) is 0.988. The van der Waals surface area contributed by atoms with Gasteiger partial charge >= 0.3 is 6.01 Å². The fraction of sp³-hybridized carbons (Fsp3) is 0.357. The van der Waals surface area contributed by atoms with E-state index in [0.29, 0.717) is 11.9 Å². The molecule has 6 nitrogen and oxygen atoms in total. The van der Waals surface area contributed by atoms with E-state index in [-0.39, 0.29) is 6.01 Å². The zero-order valence-corrected chi connectivity index (χ0v) is 13.9. The van der Waals surface area contributed by atoms with Crippen LogP contribution in [0.4, 0.5) is 17.6 Å². The van der Waals surface area contributed by atoms with Crippen molar-refractivity contribution < 1.29 is 4.74 Å². The van der Waals surface area contributed by atoms with Gasteiger partial charge in [-0.05, 0) is 37.1 Å². The summed E-state index contributed by atoms with van der Waals surface area (Å²) in [5.74, 6) is 0.941. The van der Waals surface area contributed by atoms with Crippen LogP contribution in [0.5, 0.6) is 6.01 Å². The average Bonchev–Trinajstić information content (AvgIpc) is 2.43. The molecule has 0 aliphatic carbocycles. The van der Waals surface area contributed by atoms with E-state index in [1.54, 1.807) is 0 Å². The maximum Gasteiger partial charge on any atom is 0.322 e. The van der Waals surface area contributed by atoms with Crippen molar-refractivity contribution in [3.63, 3.8) is 0 Å². The third kappa shape index (κ3) is 4.56. The lowest BCUT2D eigenvalue weighted by molar-refractivity contribution is 0.379. The van der Waals surface area contributed by atoms with E-state index >= 15 is 0 Å². The maximum absolute atomic E-state index is 5.11. The Bertz CT molecular complexity index is 600. The molecule has 0 saturated heterocycles. The van der Waals surface area contributed by atoms with Gasteiger partial charge in [0.1, 0.15) is 0 Å². The van der Waals surface area contributed by atoms with Crippen molar-refractivity contribution >= 4 is 33.5 Å². The number of nitrogens with zero attached hydrogens (tertiary/aromatic N) is 3. The van der Waals surface area contributed by atoms with E-state index in [4.69, 9.17) is 4.74 Å². The molecule has 112 valence electrons. The first-order valence-corrected chi connectivity index (χ1v) is 7.48. The zero-order chi connectivity index (χ0) is 15.2. The first-order chi connectivity index (χ1) is 10.1. The van der Waals surface area contributed by atoms with Gasteiger partial charge in [0.2, 0.25) is 11.9 Å². The Morgan fingerprint density at radius 3 is 2.57 bits per heavy atom. The minimum Gasteiger partial charge on any atom is -0.467 e. The van der Waals surface area contributed by atoms with Crippen LogP contribution in [0.25, 0.3) is 0 Å². The molecular weight excluding hydrogens is 334 g/mol. The molecule has 1 aromatic carbocycles. The van der Waals surface area contributed by atoms with Gasteiger partial charge in [0.25, 0.3) is 0 Å². The highest BCUT2D eigenvalue weighted by Gasteiger charge is 2.07. The van der Waals surface area contributed by atoms with Gasteiger partial charge in [-0.25, -0.2) is 0 Å². The molecule has 0 radical (unpaired) electrons. The first-order valence-electron chi connectivity index (χ1n) is 6.69. The molecular formula is C14H18BrN5O. The van der Waals surface area contributed by atoms with Crippen molar-refractivity contribution in [1.29, 1.82) is 0 Å². The molecule has 7 heteroatoms. The van der Waals surface area contributed by atoms with E-state index in [2.05, 4.69) is 48.4 Å². The van der Waals surface area contributed by atoms with E-state index in [0.717, 1.165) is 28.7 Å². The molecule has 0 bridgehead atoms. The SMILES string of the molecule is CCCNc1nc(Nc2cc(C)cc(Br)c2)nc(OC)n1. The molecule has 0 unspecified atom stereocenters. The second kappa shape index (κ2) is 7.21. The molecule has 2 N–H and O–H groups in total. The van der Waals surface area contributed by atoms with Crippen LogP contribution in [0, 0.1) is 6.92 Å². The van der Waals surface area contributed by atoms with Gasteiger partial charge in [-0.2, -0.15) is 15.0 Å². The smallest absolute Gasteiger partial charge is 0.322 e. The summed E-state index contributed by atoms with van der Waals surface area (Å²) in [6.45, 7) is 4.90. The predicted octanol–water partition coefficient (Wildman–Crippen LogP) is 3.52. The van der Waals surface area contributed by atoms with Gasteiger partial charge in [-0.1, -0.05) is 22.9 Å². The van der Waals surface area contributed by atoms with Crippen molar-refractivity contribution in [1.82, 2.24) is 15.0 Å². The van der Waals surface area contributed by atoms with Crippen LogP contribution in [-0.2, 0) is 0 Å². The molecule has 0 saturated carbocycles. The summed E-state index contributed by atoms with van der Waals surface area (Å²) in [7, 11) is 1.53. The fourth-order valence-electron chi connectivity index (χ4n) is 1.76. The Hall–Kier alpha value is -1.89. The monoisotopic (exact) mass is 351 g/mol. The number of halogens is 1. The molecule has 2 aromatic rings. The van der Waals surface area contributed by atoms with Gasteiger partial charge in [-0.3, -0.25) is 0 Å². The lowest BCUT2D eigenvalue weighted by atomic mass is 10.2. The van der Waals surface area contributed by atoms with Crippen LogP contribution in [0.15, 0.2) is 22.7 Å². The summed E-state index contributed by atoms with van der Waals surface area (Å²) in [4.78, 5) is 12.7. The summed E-state index contributed by atoms with van der Waals surface area (Å²) in [5, 5.41) is 6.29. The lowest BCUT2D eigenvalue weighted by Gasteiger charge is -2.10. The molecule has 0 fully saturated rings. The van der Waals surface area contributed by atoms with Crippen LogP contribution in [0.1, 0.15) is 18.9 Å². The minimum absolute atomic E-state index is 0.276. The Kier molecular flexibility index (Phi) is 5.32. The second-order valence-electron chi connectivity index (χ2n) is 4.54. The molecule has 0 aliphatic rings. The van der Waals surface area contributed by atoms with Crippen molar-refractivity contribution in [2.75, 3.05) is 24.3 Å². The van der Waals surface area contributed by atoms with E-state index in [9.17, 15) is 0 Å². The molecule has 1 heterocycles. The molecule has 0 aliphatic heterocycles. The maximum atomic E-state index is 5.11. The minimum atomic E-state index is 0.276. The largest absolute Gasteiger partial charge is 0.467 e. The molecule has 21 heavy (non-hydrogen) atoms. The normalized spacial score (nSPS) is 10.3. The van der Waals surface area contributed by atoms with Gasteiger partial charge in [0.05, 0.1) is 7.11 Å². The lowest BCUT2D eigenvalue weighted by Crippen LogP contribution is -2.09. The van der Waals surface area contributed by atoms with Crippen molar-refractivity contribution in [2.45, 2.75) is 20.3 Å². The highest BCUT2D eigenvalue weighted by Crippen LogP contribution is 2.22. The molecule has 2 rings (SSSR count). The van der Waals surface area contributed by atoms with Crippen molar-refractivity contribution in [2.24, 2.45) is 0 Å². The number of nitrogens with one attached hydrogen (secondary N) is 2. The number of anilines is 3. The third-order valence-electron chi connectivity index (χ3n) is 2.63. The number of aryl methyl sites for hydroxylation is 1. The van der Waals surface area contributed by atoms with Gasteiger partial charge < -0.3 is 15.4 Å². The Morgan fingerprint density at radius 2 is 1.90 bits per heavy atom. The molecule has 1 aromatic heterocycles. The summed E-state index contributed by atoms with van der Waals surface area (Å²) in [5.41, 5.74) is 2.04. The van der Waals surface area contributed by atoms with Gasteiger partial charge in [0.15, 0.2) is 0 Å². The first kappa shape index (κ1) is 15.5. The van der Waals surface area contributed by atoms with E-state index < -0.39 is 0 Å². The number of rotatable bonds is 6. The topological polar surface area (TPSA) is 72.0 Å². The highest BCUT2D eigenvalue weighted by atomic mass is 79.9. The average molecular weight is 352 g/mol. The van der Waals surface area contributed by atoms with Crippen LogP contribution in [0.2, 0.25) is 0 Å². The van der Waals surface area contributed by atoms with E-state index in [1.165, 1.54) is 7.11 Å². The third-order valence-corrected chi connectivity index (χ3v) is 3.09. The zero-order valence-electron chi connectivity index (χ0n) is 12.3. The Labute approximate surface area is 132 Å². The van der Waals surface area contributed by atoms with Crippen LogP contribution >= 0.6 is 15.9 Å². The van der Waals surface area contributed by atoms with Crippen molar-refractivity contribution in [3.8, 4) is 6.01 Å². The fourth-order valence-corrected chi connectivity index (χ4v) is 2.36. The number of ether oxygens (including phenoxy) is 1. The van der Waals surface area contributed by atoms with Crippen LogP contribution in [0.3, 0.4) is 0 Å². The predicted molar refractivity (Wildman–Crippen MR) is 87.3 cm³/mol. The molecule has 0 atom stereocenters. The number of benzene rings is 1. The standard InChI is InChI=1S/C14H18BrN5O/c1-4-5-16-12-18-13(20-14(19-12)21-3)17-11-7-9(2)6-10(15)8-11/h6-8H,4-5H2,1-3H3,(H2,16,17,18,19,20). The second-order valence-corrected chi connectivity index (χ2v) is 5.45. The van der Waals surface area contributed by atoms with Crippen LogP contribution < -0.4 is 15.4 Å².